The second kappa shape index (κ2) is 5.27. The molecule has 2 amide bonds. The highest BCUT2D eigenvalue weighted by atomic mass is 32.2. The Kier molecular flexibility index (Phi) is 3.70. The zero-order valence-electron chi connectivity index (χ0n) is 10.1. The molecule has 2 rings (SSSR count). The fraction of sp³-hybridized carbons (Fsp3) is 0.273. The second-order valence-corrected chi connectivity index (χ2v) is 4.82. The highest BCUT2D eigenvalue weighted by Gasteiger charge is 2.30. The van der Waals surface area contributed by atoms with Crippen LogP contribution in [0.25, 0.3) is 0 Å². The van der Waals surface area contributed by atoms with Gasteiger partial charge in [0.1, 0.15) is 5.69 Å². The SMILES string of the molecule is CNc1cc(CN2C(=O)CSC2=O)ccc1[N+](=O)[O-]. The van der Waals surface area contributed by atoms with E-state index in [4.69, 9.17) is 0 Å². The van der Waals surface area contributed by atoms with E-state index in [1.807, 2.05) is 0 Å². The van der Waals surface area contributed by atoms with Gasteiger partial charge in [-0.1, -0.05) is 17.8 Å². The summed E-state index contributed by atoms with van der Waals surface area (Å²) in [5.41, 5.74) is 0.980. The zero-order chi connectivity index (χ0) is 14.0. The maximum Gasteiger partial charge on any atom is 0.292 e. The van der Waals surface area contributed by atoms with Crippen LogP contribution in [0.15, 0.2) is 18.2 Å². The van der Waals surface area contributed by atoms with E-state index in [-0.39, 0.29) is 29.1 Å². The summed E-state index contributed by atoms with van der Waals surface area (Å²) in [4.78, 5) is 34.4. The minimum Gasteiger partial charge on any atom is -0.383 e. The summed E-state index contributed by atoms with van der Waals surface area (Å²) in [5.74, 6) is -0.0793. The van der Waals surface area contributed by atoms with E-state index in [9.17, 15) is 19.7 Å². The largest absolute Gasteiger partial charge is 0.383 e. The predicted octanol–water partition coefficient (Wildman–Crippen LogP) is 1.83. The van der Waals surface area contributed by atoms with Crippen LogP contribution in [0.4, 0.5) is 16.2 Å². The van der Waals surface area contributed by atoms with Crippen LogP contribution in [-0.4, -0.2) is 33.8 Å². The van der Waals surface area contributed by atoms with Crippen LogP contribution in [0.3, 0.4) is 0 Å². The first-order valence-corrected chi connectivity index (χ1v) is 6.43. The van der Waals surface area contributed by atoms with Gasteiger partial charge in [0.15, 0.2) is 0 Å². The minimum absolute atomic E-state index is 0.0419. The van der Waals surface area contributed by atoms with Crippen LogP contribution in [0.2, 0.25) is 0 Å². The highest BCUT2D eigenvalue weighted by molar-refractivity contribution is 8.14. The smallest absolute Gasteiger partial charge is 0.292 e. The number of nitrogens with one attached hydrogen (secondary N) is 1. The van der Waals surface area contributed by atoms with E-state index in [0.717, 1.165) is 16.7 Å². The molecule has 1 saturated heterocycles. The number of nitrogens with zero attached hydrogens (tertiary/aromatic N) is 2. The Bertz CT molecular complexity index is 545. The number of benzene rings is 1. The van der Waals surface area contributed by atoms with Crippen molar-refractivity contribution in [3.8, 4) is 0 Å². The molecule has 0 unspecified atom stereocenters. The first kappa shape index (κ1) is 13.3. The first-order chi connectivity index (χ1) is 9.02. The van der Waals surface area contributed by atoms with E-state index >= 15 is 0 Å². The Balaban J connectivity index is 2.24. The molecular formula is C11H11N3O4S. The van der Waals surface area contributed by atoms with Gasteiger partial charge in [0.2, 0.25) is 5.91 Å². The van der Waals surface area contributed by atoms with Gasteiger partial charge in [-0.2, -0.15) is 0 Å². The van der Waals surface area contributed by atoms with Crippen LogP contribution in [0, 0.1) is 10.1 Å². The average Bonchev–Trinajstić information content (AvgIpc) is 2.70. The van der Waals surface area contributed by atoms with Crippen molar-refractivity contribution in [1.82, 2.24) is 4.90 Å². The number of carbonyl (C=O) groups is 2. The Morgan fingerprint density at radius 2 is 2.21 bits per heavy atom. The monoisotopic (exact) mass is 281 g/mol. The van der Waals surface area contributed by atoms with E-state index in [2.05, 4.69) is 5.32 Å². The molecule has 1 aromatic carbocycles. The Morgan fingerprint density at radius 3 is 2.74 bits per heavy atom. The first-order valence-electron chi connectivity index (χ1n) is 5.45. The van der Waals surface area contributed by atoms with Gasteiger partial charge >= 0.3 is 0 Å². The molecule has 1 aromatic rings. The topological polar surface area (TPSA) is 92.6 Å². The van der Waals surface area contributed by atoms with E-state index in [1.54, 1.807) is 19.2 Å². The molecule has 7 nitrogen and oxygen atoms in total. The molecule has 0 spiro atoms. The van der Waals surface area contributed by atoms with Crippen molar-refractivity contribution in [2.45, 2.75) is 6.54 Å². The van der Waals surface area contributed by atoms with Crippen molar-refractivity contribution in [2.75, 3.05) is 18.1 Å². The molecule has 1 heterocycles. The van der Waals surface area contributed by atoms with Crippen LogP contribution in [-0.2, 0) is 11.3 Å². The summed E-state index contributed by atoms with van der Waals surface area (Å²) in [6.07, 6.45) is 0. The van der Waals surface area contributed by atoms with E-state index in [0.29, 0.717) is 11.3 Å². The summed E-state index contributed by atoms with van der Waals surface area (Å²) in [7, 11) is 1.58. The number of amides is 2. The van der Waals surface area contributed by atoms with Crippen molar-refractivity contribution in [1.29, 1.82) is 0 Å². The number of hydrogen-bond acceptors (Lipinski definition) is 6. The normalized spacial score (nSPS) is 14.9. The molecule has 0 radical (unpaired) electrons. The molecule has 1 aliphatic rings. The maximum absolute atomic E-state index is 11.5. The van der Waals surface area contributed by atoms with Gasteiger partial charge < -0.3 is 5.32 Å². The lowest BCUT2D eigenvalue weighted by Crippen LogP contribution is -2.27. The van der Waals surface area contributed by atoms with Crippen molar-refractivity contribution in [3.05, 3.63) is 33.9 Å². The highest BCUT2D eigenvalue weighted by Crippen LogP contribution is 2.27. The summed E-state index contributed by atoms with van der Waals surface area (Å²) in [6.45, 7) is 0.136. The van der Waals surface area contributed by atoms with Crippen molar-refractivity contribution in [2.24, 2.45) is 0 Å². The third-order valence-electron chi connectivity index (χ3n) is 2.71. The standard InChI is InChI=1S/C11H11N3O4S/c1-12-8-4-7(2-3-9(8)14(17)18)5-13-10(15)6-19-11(13)16/h2-4,12H,5-6H2,1H3. The van der Waals surface area contributed by atoms with Crippen molar-refractivity contribution in [3.63, 3.8) is 0 Å². The number of thioether (sulfide) groups is 1. The van der Waals surface area contributed by atoms with E-state index < -0.39 is 4.92 Å². The molecule has 1 aliphatic heterocycles. The van der Waals surface area contributed by atoms with Gasteiger partial charge in [0.05, 0.1) is 17.2 Å². The van der Waals surface area contributed by atoms with Gasteiger partial charge in [-0.05, 0) is 11.6 Å². The summed E-state index contributed by atoms with van der Waals surface area (Å²) in [6, 6.07) is 4.48. The molecule has 0 bridgehead atoms. The van der Waals surface area contributed by atoms with Crippen molar-refractivity contribution >= 4 is 34.3 Å². The lowest BCUT2D eigenvalue weighted by molar-refractivity contribution is -0.384. The molecule has 0 saturated carbocycles. The predicted molar refractivity (Wildman–Crippen MR) is 71.0 cm³/mol. The number of imide groups is 1. The molecule has 0 aromatic heterocycles. The molecule has 1 N–H and O–H groups in total. The Hall–Kier alpha value is -2.09. The maximum atomic E-state index is 11.5. The number of nitro benzene ring substituents is 1. The van der Waals surface area contributed by atoms with Crippen molar-refractivity contribution < 1.29 is 14.5 Å². The molecule has 19 heavy (non-hydrogen) atoms. The molecule has 8 heteroatoms. The van der Waals surface area contributed by atoms with Gasteiger partial charge in [0.25, 0.3) is 10.9 Å². The fourth-order valence-electron chi connectivity index (χ4n) is 1.76. The second-order valence-electron chi connectivity index (χ2n) is 3.89. The fourth-order valence-corrected chi connectivity index (χ4v) is 2.48. The Morgan fingerprint density at radius 1 is 1.47 bits per heavy atom. The van der Waals surface area contributed by atoms with Gasteiger partial charge in [0, 0.05) is 13.1 Å². The molecule has 100 valence electrons. The number of rotatable bonds is 4. The third-order valence-corrected chi connectivity index (χ3v) is 3.57. The van der Waals surface area contributed by atoms with Gasteiger partial charge in [-0.25, -0.2) is 0 Å². The molecule has 0 aliphatic carbocycles. The van der Waals surface area contributed by atoms with E-state index in [1.165, 1.54) is 6.07 Å². The number of nitro groups is 1. The van der Waals surface area contributed by atoms with Gasteiger partial charge in [-0.3, -0.25) is 24.6 Å². The lowest BCUT2D eigenvalue weighted by Gasteiger charge is -2.13. The minimum atomic E-state index is -0.488. The average molecular weight is 281 g/mol. The zero-order valence-corrected chi connectivity index (χ0v) is 10.9. The summed E-state index contributed by atoms with van der Waals surface area (Å²) < 4.78 is 0. The lowest BCUT2D eigenvalue weighted by atomic mass is 10.1. The molecular weight excluding hydrogens is 270 g/mol. The molecule has 0 atom stereocenters. The van der Waals surface area contributed by atoms with Crippen LogP contribution in [0.5, 0.6) is 0 Å². The summed E-state index contributed by atoms with van der Waals surface area (Å²) >= 11 is 0.964. The van der Waals surface area contributed by atoms with Gasteiger partial charge in [-0.15, -0.1) is 0 Å². The van der Waals surface area contributed by atoms with Crippen LogP contribution in [0.1, 0.15) is 5.56 Å². The number of anilines is 1. The third kappa shape index (κ3) is 2.68. The number of hydrogen-bond donors (Lipinski definition) is 1. The molecule has 1 fully saturated rings. The van der Waals surface area contributed by atoms with Crippen LogP contribution >= 0.6 is 11.8 Å². The number of carbonyl (C=O) groups excluding carboxylic acids is 2. The van der Waals surface area contributed by atoms with Crippen LogP contribution < -0.4 is 5.32 Å². The summed E-state index contributed by atoms with van der Waals surface area (Å²) in [5, 5.41) is 13.2. The quantitative estimate of drug-likeness (QED) is 0.668. The Labute approximate surface area is 113 Å².